The van der Waals surface area contributed by atoms with Gasteiger partial charge in [0.15, 0.2) is 0 Å². The highest BCUT2D eigenvalue weighted by molar-refractivity contribution is 5.94. The summed E-state index contributed by atoms with van der Waals surface area (Å²) in [5.41, 5.74) is 4.20. The third-order valence-corrected chi connectivity index (χ3v) is 5.64. The maximum Gasteiger partial charge on any atom is 0.268 e. The predicted molar refractivity (Wildman–Crippen MR) is 96.0 cm³/mol. The van der Waals surface area contributed by atoms with E-state index in [0.717, 1.165) is 23.5 Å². The number of aryl methyl sites for hydroxylation is 1. The molecule has 1 atom stereocenters. The molecule has 5 rings (SSSR count). The Labute approximate surface area is 143 Å². The summed E-state index contributed by atoms with van der Waals surface area (Å²) in [6, 6.07) is 12.7. The van der Waals surface area contributed by atoms with Gasteiger partial charge in [0, 0.05) is 25.3 Å². The molecule has 0 radical (unpaired) electrons. The normalized spacial score (nSPS) is 25.7. The molecule has 126 valence electrons. The average molecular weight is 323 g/mol. The van der Waals surface area contributed by atoms with Crippen molar-refractivity contribution >= 4 is 5.91 Å². The number of carbonyl (C=O) groups excluding carboxylic acids is 1. The van der Waals surface area contributed by atoms with E-state index in [-0.39, 0.29) is 5.91 Å². The Morgan fingerprint density at radius 2 is 1.96 bits per heavy atom. The van der Waals surface area contributed by atoms with Crippen molar-refractivity contribution in [2.45, 2.75) is 25.8 Å². The van der Waals surface area contributed by atoms with E-state index in [9.17, 15) is 4.79 Å². The van der Waals surface area contributed by atoms with E-state index in [1.54, 1.807) is 0 Å². The lowest BCUT2D eigenvalue weighted by molar-refractivity contribution is 0.0616. The fourth-order valence-electron chi connectivity index (χ4n) is 4.20. The zero-order chi connectivity index (χ0) is 16.7. The van der Waals surface area contributed by atoms with Crippen LogP contribution in [-0.2, 0) is 7.05 Å². The lowest BCUT2D eigenvalue weighted by Gasteiger charge is -2.44. The van der Waals surface area contributed by atoms with E-state index in [0.29, 0.717) is 12.0 Å². The Morgan fingerprint density at radius 3 is 2.62 bits per heavy atom. The van der Waals surface area contributed by atoms with Crippen LogP contribution in [0.2, 0.25) is 0 Å². The van der Waals surface area contributed by atoms with Crippen LogP contribution in [0.1, 0.15) is 28.9 Å². The number of hydrogen-bond donors (Lipinski definition) is 1. The first-order chi connectivity index (χ1) is 11.6. The Balaban J connectivity index is 1.53. The number of aromatic nitrogens is 1. The Kier molecular flexibility index (Phi) is 3.93. The lowest BCUT2D eigenvalue weighted by Crippen LogP contribution is -2.57. The summed E-state index contributed by atoms with van der Waals surface area (Å²) in [5, 5.41) is 3.28. The van der Waals surface area contributed by atoms with E-state index in [1.807, 2.05) is 23.7 Å². The number of hydrogen-bond acceptors (Lipinski definition) is 2. The molecule has 0 spiro atoms. The molecule has 4 heteroatoms. The number of benzene rings is 1. The van der Waals surface area contributed by atoms with Gasteiger partial charge in [0.05, 0.1) is 0 Å². The molecule has 1 amide bonds. The van der Waals surface area contributed by atoms with Crippen LogP contribution in [0.4, 0.5) is 0 Å². The molecular weight excluding hydrogens is 298 g/mol. The number of fused-ring (bicyclic) bond motifs is 3. The van der Waals surface area contributed by atoms with Crippen molar-refractivity contribution in [1.82, 2.24) is 14.8 Å². The predicted octanol–water partition coefficient (Wildman–Crippen LogP) is 2.82. The van der Waals surface area contributed by atoms with Gasteiger partial charge >= 0.3 is 0 Å². The highest BCUT2D eigenvalue weighted by atomic mass is 16.2. The molecule has 1 N–H and O–H groups in total. The fourth-order valence-corrected chi connectivity index (χ4v) is 4.20. The number of rotatable bonds is 3. The van der Waals surface area contributed by atoms with Crippen LogP contribution < -0.4 is 5.32 Å². The van der Waals surface area contributed by atoms with Gasteiger partial charge < -0.3 is 14.8 Å². The first-order valence-corrected chi connectivity index (χ1v) is 8.88. The van der Waals surface area contributed by atoms with Gasteiger partial charge in [0.25, 0.3) is 5.91 Å². The number of amides is 1. The maximum atomic E-state index is 12.8. The van der Waals surface area contributed by atoms with Crippen LogP contribution >= 0.6 is 0 Å². The molecule has 0 aliphatic carbocycles. The highest BCUT2D eigenvalue weighted by Crippen LogP contribution is 2.28. The zero-order valence-electron chi connectivity index (χ0n) is 14.5. The molecule has 24 heavy (non-hydrogen) atoms. The first kappa shape index (κ1) is 15.5. The minimum Gasteiger partial charge on any atom is -0.346 e. The van der Waals surface area contributed by atoms with Gasteiger partial charge in [0.2, 0.25) is 0 Å². The molecule has 1 aromatic carbocycles. The Hall–Kier alpha value is -2.07. The summed E-state index contributed by atoms with van der Waals surface area (Å²) in [7, 11) is 1.98. The largest absolute Gasteiger partial charge is 0.346 e. The fraction of sp³-hybridized carbons (Fsp3) is 0.450. The maximum absolute atomic E-state index is 12.8. The monoisotopic (exact) mass is 323 g/mol. The second-order valence-electron chi connectivity index (χ2n) is 7.25. The summed E-state index contributed by atoms with van der Waals surface area (Å²) in [6.45, 7) is 5.48. The third kappa shape index (κ3) is 2.75. The smallest absolute Gasteiger partial charge is 0.268 e. The van der Waals surface area contributed by atoms with Crippen LogP contribution in [0.5, 0.6) is 0 Å². The highest BCUT2D eigenvalue weighted by Gasteiger charge is 2.35. The lowest BCUT2D eigenvalue weighted by atomic mass is 9.84. The van der Waals surface area contributed by atoms with Crippen molar-refractivity contribution < 1.29 is 4.79 Å². The molecule has 3 saturated heterocycles. The average Bonchev–Trinajstić information content (AvgIpc) is 2.97. The van der Waals surface area contributed by atoms with E-state index >= 15 is 0 Å². The molecule has 3 aliphatic rings. The summed E-state index contributed by atoms with van der Waals surface area (Å²) in [4.78, 5) is 15.2. The minimum absolute atomic E-state index is 0.0511. The van der Waals surface area contributed by atoms with Gasteiger partial charge in [-0.1, -0.05) is 23.8 Å². The van der Waals surface area contributed by atoms with Crippen molar-refractivity contribution in [3.05, 3.63) is 47.7 Å². The number of nitrogens with zero attached hydrogens (tertiary/aromatic N) is 2. The standard InChI is InChI=1S/C20H25N3O/c1-14-4-3-5-16(12-14)18-6-7-19(22(18)2)20(24)21-17-13-23-10-8-15(17)9-11-23/h3-7,12,15,17H,8-11,13H2,1-2H3,(H,21,24)/t17-/m0/s1. The van der Waals surface area contributed by atoms with Crippen LogP contribution in [-0.4, -0.2) is 41.1 Å². The quantitative estimate of drug-likeness (QED) is 0.943. The molecule has 0 unspecified atom stereocenters. The van der Waals surface area contributed by atoms with E-state index in [4.69, 9.17) is 0 Å². The van der Waals surface area contributed by atoms with E-state index in [2.05, 4.69) is 41.4 Å². The topological polar surface area (TPSA) is 37.3 Å². The van der Waals surface area contributed by atoms with Crippen LogP contribution in [0, 0.1) is 12.8 Å². The van der Waals surface area contributed by atoms with Gasteiger partial charge in [-0.05, 0) is 62.5 Å². The Morgan fingerprint density at radius 1 is 1.17 bits per heavy atom. The van der Waals surface area contributed by atoms with Gasteiger partial charge in [-0.15, -0.1) is 0 Å². The molecular formula is C20H25N3O. The molecule has 3 fully saturated rings. The number of carbonyl (C=O) groups is 1. The van der Waals surface area contributed by atoms with Crippen molar-refractivity contribution in [2.24, 2.45) is 13.0 Å². The molecule has 2 bridgehead atoms. The summed E-state index contributed by atoms with van der Waals surface area (Å²) in [5.74, 6) is 0.700. The van der Waals surface area contributed by atoms with Gasteiger partial charge in [-0.25, -0.2) is 0 Å². The summed E-state index contributed by atoms with van der Waals surface area (Å²) in [6.07, 6.45) is 2.43. The molecule has 3 aliphatic heterocycles. The van der Waals surface area contributed by atoms with Gasteiger partial charge in [-0.2, -0.15) is 0 Å². The minimum atomic E-state index is 0.0511. The molecule has 4 heterocycles. The summed E-state index contributed by atoms with van der Waals surface area (Å²) >= 11 is 0. The van der Waals surface area contributed by atoms with E-state index in [1.165, 1.54) is 31.5 Å². The first-order valence-electron chi connectivity index (χ1n) is 8.88. The van der Waals surface area contributed by atoms with Gasteiger partial charge in [0.1, 0.15) is 5.69 Å². The molecule has 0 saturated carbocycles. The summed E-state index contributed by atoms with van der Waals surface area (Å²) < 4.78 is 2.01. The number of piperidine rings is 3. The van der Waals surface area contributed by atoms with Crippen LogP contribution in [0.15, 0.2) is 36.4 Å². The van der Waals surface area contributed by atoms with Crippen molar-refractivity contribution in [3.63, 3.8) is 0 Å². The molecule has 2 aromatic rings. The van der Waals surface area contributed by atoms with Crippen molar-refractivity contribution in [3.8, 4) is 11.3 Å². The van der Waals surface area contributed by atoms with E-state index < -0.39 is 0 Å². The van der Waals surface area contributed by atoms with Crippen molar-refractivity contribution in [2.75, 3.05) is 19.6 Å². The third-order valence-electron chi connectivity index (χ3n) is 5.64. The van der Waals surface area contributed by atoms with Gasteiger partial charge in [-0.3, -0.25) is 4.79 Å². The zero-order valence-corrected chi connectivity index (χ0v) is 14.5. The second kappa shape index (κ2) is 6.10. The SMILES string of the molecule is Cc1cccc(-c2ccc(C(=O)N[C@H]3CN4CCC3CC4)n2C)c1. The number of nitrogens with one attached hydrogen (secondary N) is 1. The Bertz CT molecular complexity index is 756. The molecule has 4 nitrogen and oxygen atoms in total. The van der Waals surface area contributed by atoms with Crippen LogP contribution in [0.3, 0.4) is 0 Å². The van der Waals surface area contributed by atoms with Crippen molar-refractivity contribution in [1.29, 1.82) is 0 Å². The molecule has 1 aromatic heterocycles. The second-order valence-corrected chi connectivity index (χ2v) is 7.25. The van der Waals surface area contributed by atoms with Crippen LogP contribution in [0.25, 0.3) is 11.3 Å².